The molecule has 1 aliphatic carbocycles. The molecule has 148 valence electrons. The Balaban J connectivity index is 1.32. The van der Waals surface area contributed by atoms with E-state index in [0.717, 1.165) is 23.9 Å². The number of piperidine rings is 1. The molecule has 1 aromatic carbocycles. The van der Waals surface area contributed by atoms with Gasteiger partial charge in [0.2, 0.25) is 5.95 Å². The van der Waals surface area contributed by atoms with Crippen LogP contribution in [0, 0.1) is 0 Å². The molecule has 0 bridgehead atoms. The number of benzene rings is 1. The van der Waals surface area contributed by atoms with Crippen molar-refractivity contribution in [2.45, 2.75) is 51.0 Å². The number of fused-ring (bicyclic) bond motifs is 1. The van der Waals surface area contributed by atoms with Gasteiger partial charge in [-0.05, 0) is 56.4 Å². The summed E-state index contributed by atoms with van der Waals surface area (Å²) in [6.45, 7) is 3.26. The molecule has 2 fully saturated rings. The number of rotatable bonds is 4. The van der Waals surface area contributed by atoms with Crippen LogP contribution >= 0.6 is 0 Å². The number of hydrogen-bond donors (Lipinski definition) is 1. The number of hydrogen-bond acceptors (Lipinski definition) is 6. The van der Waals surface area contributed by atoms with Crippen molar-refractivity contribution in [3.05, 3.63) is 30.5 Å². The highest BCUT2D eigenvalue weighted by Gasteiger charge is 2.32. The predicted octanol–water partition coefficient (Wildman–Crippen LogP) is 4.37. The van der Waals surface area contributed by atoms with Crippen molar-refractivity contribution in [1.82, 2.24) is 9.97 Å². The quantitative estimate of drug-likeness (QED) is 0.853. The van der Waals surface area contributed by atoms with Gasteiger partial charge >= 0.3 is 0 Å². The maximum absolute atomic E-state index is 4.89. The largest absolute Gasteiger partial charge is 0.372 e. The summed E-state index contributed by atoms with van der Waals surface area (Å²) in [6, 6.07) is 9.32. The summed E-state index contributed by atoms with van der Waals surface area (Å²) in [5.41, 5.74) is 3.49. The molecule has 5 rings (SSSR count). The lowest BCUT2D eigenvalue weighted by Crippen LogP contribution is -2.36. The second-order valence-electron chi connectivity index (χ2n) is 8.37. The topological polar surface area (TPSA) is 47.5 Å². The first-order chi connectivity index (χ1) is 13.8. The van der Waals surface area contributed by atoms with E-state index in [-0.39, 0.29) is 0 Å². The van der Waals surface area contributed by atoms with Crippen molar-refractivity contribution < 1.29 is 0 Å². The normalized spacial score (nSPS) is 20.0. The van der Waals surface area contributed by atoms with Crippen molar-refractivity contribution in [3.8, 4) is 0 Å². The van der Waals surface area contributed by atoms with Crippen molar-refractivity contribution in [1.29, 1.82) is 0 Å². The lowest BCUT2D eigenvalue weighted by molar-refractivity contribution is 0.578. The van der Waals surface area contributed by atoms with Crippen LogP contribution in [0.25, 0.3) is 0 Å². The average molecular weight is 379 g/mol. The Bertz CT molecular complexity index is 808. The molecule has 1 saturated carbocycles. The first kappa shape index (κ1) is 17.6. The van der Waals surface area contributed by atoms with Crippen LogP contribution in [-0.2, 0) is 0 Å². The Kier molecular flexibility index (Phi) is 4.71. The third-order valence-electron chi connectivity index (χ3n) is 6.41. The van der Waals surface area contributed by atoms with Crippen LogP contribution in [0.3, 0.4) is 0 Å². The number of aromatic nitrogens is 2. The summed E-state index contributed by atoms with van der Waals surface area (Å²) >= 11 is 0. The summed E-state index contributed by atoms with van der Waals surface area (Å²) in [5.74, 6) is 1.76. The van der Waals surface area contributed by atoms with Crippen LogP contribution < -0.4 is 20.0 Å². The van der Waals surface area contributed by atoms with E-state index in [4.69, 9.17) is 4.98 Å². The van der Waals surface area contributed by atoms with Crippen LogP contribution in [0.1, 0.15) is 44.9 Å². The van der Waals surface area contributed by atoms with E-state index in [9.17, 15) is 0 Å². The summed E-state index contributed by atoms with van der Waals surface area (Å²) in [7, 11) is 2.13. The van der Waals surface area contributed by atoms with Crippen LogP contribution in [0.5, 0.6) is 0 Å². The molecule has 0 spiro atoms. The third kappa shape index (κ3) is 3.36. The fourth-order valence-corrected chi connectivity index (χ4v) is 4.82. The van der Waals surface area contributed by atoms with E-state index in [1.165, 1.54) is 63.7 Å². The maximum atomic E-state index is 4.89. The van der Waals surface area contributed by atoms with Gasteiger partial charge < -0.3 is 20.0 Å². The fraction of sp³-hybridized carbons (Fsp3) is 0.545. The minimum Gasteiger partial charge on any atom is -0.372 e. The summed E-state index contributed by atoms with van der Waals surface area (Å²) in [4.78, 5) is 16.7. The zero-order valence-corrected chi connectivity index (χ0v) is 16.8. The van der Waals surface area contributed by atoms with E-state index < -0.39 is 0 Å². The fourth-order valence-electron chi connectivity index (χ4n) is 4.82. The van der Waals surface area contributed by atoms with Crippen LogP contribution in [0.15, 0.2) is 30.5 Å². The van der Waals surface area contributed by atoms with Gasteiger partial charge in [-0.15, -0.1) is 0 Å². The van der Waals surface area contributed by atoms with Crippen molar-refractivity contribution in [2.24, 2.45) is 0 Å². The van der Waals surface area contributed by atoms with Crippen LogP contribution in [0.2, 0.25) is 0 Å². The van der Waals surface area contributed by atoms with Gasteiger partial charge in [-0.25, -0.2) is 4.98 Å². The summed E-state index contributed by atoms with van der Waals surface area (Å²) in [5, 5.41) is 3.40. The summed E-state index contributed by atoms with van der Waals surface area (Å²) in [6.07, 6.45) is 11.1. The Labute approximate surface area is 167 Å². The molecule has 2 aromatic rings. The minimum atomic E-state index is 0.621. The molecule has 1 saturated heterocycles. The van der Waals surface area contributed by atoms with Gasteiger partial charge in [-0.2, -0.15) is 4.98 Å². The number of anilines is 5. The standard InChI is InChI=1S/C22H30N6/c1-26-16-28(19-7-3-4-8-19)21-20(26)15-23-22(25-21)24-17-9-11-18(12-10-17)27-13-5-2-6-14-27/h9-12,15,19H,2-8,13-14,16H2,1H3,(H,23,24,25). The highest BCUT2D eigenvalue weighted by molar-refractivity contribution is 5.73. The molecule has 1 N–H and O–H groups in total. The Morgan fingerprint density at radius 1 is 0.964 bits per heavy atom. The molecule has 6 heteroatoms. The lowest BCUT2D eigenvalue weighted by atomic mass is 10.1. The van der Waals surface area contributed by atoms with Gasteiger partial charge in [0.1, 0.15) is 0 Å². The SMILES string of the molecule is CN1CN(C2CCCC2)c2nc(Nc3ccc(N4CCCCC4)cc3)ncc21. The molecular weight excluding hydrogens is 348 g/mol. The smallest absolute Gasteiger partial charge is 0.229 e. The monoisotopic (exact) mass is 378 g/mol. The van der Waals surface area contributed by atoms with E-state index in [1.807, 2.05) is 6.20 Å². The second-order valence-corrected chi connectivity index (χ2v) is 8.37. The van der Waals surface area contributed by atoms with E-state index in [2.05, 4.69) is 56.3 Å². The first-order valence-corrected chi connectivity index (χ1v) is 10.7. The molecular formula is C22H30N6. The number of nitrogens with zero attached hydrogens (tertiary/aromatic N) is 5. The predicted molar refractivity (Wildman–Crippen MR) is 116 cm³/mol. The molecule has 0 atom stereocenters. The summed E-state index contributed by atoms with van der Waals surface area (Å²) < 4.78 is 0. The van der Waals surface area contributed by atoms with E-state index >= 15 is 0 Å². The van der Waals surface area contributed by atoms with Gasteiger partial charge in [0.15, 0.2) is 5.82 Å². The van der Waals surface area contributed by atoms with E-state index in [0.29, 0.717) is 12.0 Å². The number of nitrogens with one attached hydrogen (secondary N) is 1. The average Bonchev–Trinajstić information content (AvgIpc) is 3.37. The van der Waals surface area contributed by atoms with Crippen molar-refractivity contribution in [3.63, 3.8) is 0 Å². The Hall–Kier alpha value is -2.50. The maximum Gasteiger partial charge on any atom is 0.229 e. The van der Waals surface area contributed by atoms with E-state index in [1.54, 1.807) is 0 Å². The van der Waals surface area contributed by atoms with Gasteiger partial charge in [0, 0.05) is 37.6 Å². The van der Waals surface area contributed by atoms with Gasteiger partial charge in [0.25, 0.3) is 0 Å². The molecule has 0 unspecified atom stereocenters. The third-order valence-corrected chi connectivity index (χ3v) is 6.41. The molecule has 6 nitrogen and oxygen atoms in total. The van der Waals surface area contributed by atoms with Crippen molar-refractivity contribution >= 4 is 28.8 Å². The van der Waals surface area contributed by atoms with Crippen molar-refractivity contribution in [2.75, 3.05) is 46.8 Å². The van der Waals surface area contributed by atoms with Crippen LogP contribution in [0.4, 0.5) is 28.8 Å². The molecule has 3 aliphatic rings. The highest BCUT2D eigenvalue weighted by atomic mass is 15.4. The highest BCUT2D eigenvalue weighted by Crippen LogP contribution is 2.38. The minimum absolute atomic E-state index is 0.621. The first-order valence-electron chi connectivity index (χ1n) is 10.7. The zero-order valence-electron chi connectivity index (χ0n) is 16.8. The molecule has 1 aromatic heterocycles. The zero-order chi connectivity index (χ0) is 18.9. The lowest BCUT2D eigenvalue weighted by Gasteiger charge is -2.28. The van der Waals surface area contributed by atoms with Gasteiger partial charge in [-0.1, -0.05) is 12.8 Å². The van der Waals surface area contributed by atoms with Gasteiger partial charge in [0.05, 0.1) is 18.6 Å². The molecule has 28 heavy (non-hydrogen) atoms. The molecule has 3 heterocycles. The molecule has 2 aliphatic heterocycles. The second kappa shape index (κ2) is 7.49. The Morgan fingerprint density at radius 2 is 1.71 bits per heavy atom. The molecule has 0 amide bonds. The van der Waals surface area contributed by atoms with Gasteiger partial charge in [-0.3, -0.25) is 0 Å². The molecule has 0 radical (unpaired) electrons. The Morgan fingerprint density at radius 3 is 2.46 bits per heavy atom. The van der Waals surface area contributed by atoms with Crippen LogP contribution in [-0.4, -0.2) is 42.8 Å².